The van der Waals surface area contributed by atoms with E-state index in [0.717, 1.165) is 23.3 Å². The Bertz CT molecular complexity index is 903. The lowest BCUT2D eigenvalue weighted by Gasteiger charge is -2.17. The molecule has 0 spiro atoms. The van der Waals surface area contributed by atoms with Crippen LogP contribution in [0, 0.1) is 13.8 Å². The second-order valence-corrected chi connectivity index (χ2v) is 6.52. The average molecular weight is 364 g/mol. The van der Waals surface area contributed by atoms with Gasteiger partial charge in [-0.25, -0.2) is 0 Å². The Balaban J connectivity index is 1.74. The van der Waals surface area contributed by atoms with Crippen LogP contribution in [0.25, 0.3) is 0 Å². The Kier molecular flexibility index (Phi) is 5.91. The summed E-state index contributed by atoms with van der Waals surface area (Å²) in [7, 11) is 0. The molecule has 1 aromatic heterocycles. The van der Waals surface area contributed by atoms with E-state index >= 15 is 0 Å². The molecule has 3 aromatic rings. The van der Waals surface area contributed by atoms with E-state index in [0.29, 0.717) is 11.3 Å². The van der Waals surface area contributed by atoms with Gasteiger partial charge in [0, 0.05) is 0 Å². The molecule has 0 aliphatic carbocycles. The van der Waals surface area contributed by atoms with E-state index < -0.39 is 0 Å². The zero-order chi connectivity index (χ0) is 19.2. The van der Waals surface area contributed by atoms with Gasteiger partial charge in [-0.15, -0.1) is 0 Å². The molecule has 0 bridgehead atoms. The van der Waals surface area contributed by atoms with Crippen LogP contribution in [0.3, 0.4) is 0 Å². The van der Waals surface area contributed by atoms with Gasteiger partial charge < -0.3 is 14.6 Å². The molecule has 0 saturated heterocycles. The first kappa shape index (κ1) is 18.7. The molecule has 1 heterocycles. The molecule has 2 aromatic carbocycles. The summed E-state index contributed by atoms with van der Waals surface area (Å²) < 4.78 is 11.1. The van der Waals surface area contributed by atoms with E-state index in [2.05, 4.69) is 10.5 Å². The summed E-state index contributed by atoms with van der Waals surface area (Å²) in [6.45, 7) is 6.05. The van der Waals surface area contributed by atoms with Gasteiger partial charge in [0.25, 0.3) is 5.91 Å². The topological polar surface area (TPSA) is 64.4 Å². The highest BCUT2D eigenvalue weighted by Crippen LogP contribution is 2.21. The van der Waals surface area contributed by atoms with Crippen molar-refractivity contribution < 1.29 is 14.1 Å². The van der Waals surface area contributed by atoms with E-state index in [9.17, 15) is 4.79 Å². The number of aromatic nitrogens is 1. The lowest BCUT2D eigenvalue weighted by Crippen LogP contribution is -2.29. The Labute approximate surface area is 159 Å². The van der Waals surface area contributed by atoms with Gasteiger partial charge in [0.2, 0.25) is 0 Å². The summed E-state index contributed by atoms with van der Waals surface area (Å²) in [4.78, 5) is 12.8. The largest absolute Gasteiger partial charge is 0.489 e. The van der Waals surface area contributed by atoms with Crippen molar-refractivity contribution >= 4 is 5.91 Å². The van der Waals surface area contributed by atoms with Gasteiger partial charge in [-0.05, 0) is 43.5 Å². The molecule has 0 radical (unpaired) electrons. The van der Waals surface area contributed by atoms with Gasteiger partial charge in [0.15, 0.2) is 5.69 Å². The van der Waals surface area contributed by atoms with Crippen molar-refractivity contribution in [1.29, 1.82) is 0 Å². The number of carbonyl (C=O) groups is 1. The molecule has 1 unspecified atom stereocenters. The van der Waals surface area contributed by atoms with Crippen molar-refractivity contribution in [3.8, 4) is 5.75 Å². The minimum absolute atomic E-state index is 0.0822. The maximum atomic E-state index is 12.8. The van der Waals surface area contributed by atoms with E-state index in [1.807, 2.05) is 68.4 Å². The summed E-state index contributed by atoms with van der Waals surface area (Å²) in [6, 6.07) is 17.6. The Morgan fingerprint density at radius 1 is 1.15 bits per heavy atom. The highest BCUT2D eigenvalue weighted by atomic mass is 16.5. The third kappa shape index (κ3) is 4.56. The Morgan fingerprint density at radius 2 is 1.93 bits per heavy atom. The molecule has 0 fully saturated rings. The normalized spacial score (nSPS) is 11.8. The molecule has 1 amide bonds. The van der Waals surface area contributed by atoms with Gasteiger partial charge in [0.1, 0.15) is 18.1 Å². The van der Waals surface area contributed by atoms with E-state index in [-0.39, 0.29) is 24.2 Å². The smallest absolute Gasteiger partial charge is 0.274 e. The summed E-state index contributed by atoms with van der Waals surface area (Å²) >= 11 is 0. The van der Waals surface area contributed by atoms with Crippen LogP contribution in [0.4, 0.5) is 0 Å². The number of hydrogen-bond acceptors (Lipinski definition) is 4. The van der Waals surface area contributed by atoms with Crippen LogP contribution < -0.4 is 10.1 Å². The van der Waals surface area contributed by atoms with Crippen molar-refractivity contribution in [2.24, 2.45) is 0 Å². The second-order valence-electron chi connectivity index (χ2n) is 6.52. The lowest BCUT2D eigenvalue weighted by molar-refractivity contribution is 0.0924. The first-order valence-electron chi connectivity index (χ1n) is 9.09. The number of nitrogens with one attached hydrogen (secondary N) is 1. The molecule has 27 heavy (non-hydrogen) atoms. The van der Waals surface area contributed by atoms with E-state index in [4.69, 9.17) is 9.26 Å². The van der Waals surface area contributed by atoms with Crippen LogP contribution in [0.5, 0.6) is 5.75 Å². The summed E-state index contributed by atoms with van der Waals surface area (Å²) in [6.07, 6.45) is 0.779. The van der Waals surface area contributed by atoms with Gasteiger partial charge in [-0.1, -0.05) is 54.5 Å². The van der Waals surface area contributed by atoms with Gasteiger partial charge >= 0.3 is 0 Å². The molecular weight excluding hydrogens is 340 g/mol. The van der Waals surface area contributed by atoms with Crippen molar-refractivity contribution in [2.75, 3.05) is 0 Å². The first-order chi connectivity index (χ1) is 13.1. The molecule has 0 aliphatic rings. The fourth-order valence-electron chi connectivity index (χ4n) is 2.93. The van der Waals surface area contributed by atoms with Crippen LogP contribution in [0.15, 0.2) is 59.1 Å². The Hall–Kier alpha value is -3.08. The van der Waals surface area contributed by atoms with Gasteiger partial charge in [0.05, 0.1) is 11.6 Å². The number of ether oxygens (including phenoxy) is 1. The third-order valence-electron chi connectivity index (χ3n) is 4.49. The quantitative estimate of drug-likeness (QED) is 0.657. The van der Waals surface area contributed by atoms with Crippen LogP contribution in [-0.4, -0.2) is 11.1 Å². The number of carbonyl (C=O) groups excluding carboxylic acids is 1. The highest BCUT2D eigenvalue weighted by Gasteiger charge is 2.23. The van der Waals surface area contributed by atoms with Crippen molar-refractivity contribution in [3.63, 3.8) is 0 Å². The number of aryl methyl sites for hydroxylation is 2. The maximum Gasteiger partial charge on any atom is 0.274 e. The first-order valence-corrected chi connectivity index (χ1v) is 9.09. The van der Waals surface area contributed by atoms with E-state index in [1.165, 1.54) is 0 Å². The second kappa shape index (κ2) is 8.54. The molecule has 0 saturated carbocycles. The number of benzene rings is 2. The molecule has 3 rings (SSSR count). The molecule has 0 aliphatic heterocycles. The lowest BCUT2D eigenvalue weighted by atomic mass is 10.0. The van der Waals surface area contributed by atoms with Gasteiger partial charge in [-0.2, -0.15) is 0 Å². The number of rotatable bonds is 7. The third-order valence-corrected chi connectivity index (χ3v) is 4.49. The minimum atomic E-state index is -0.259. The predicted molar refractivity (Wildman–Crippen MR) is 104 cm³/mol. The highest BCUT2D eigenvalue weighted by molar-refractivity contribution is 5.94. The van der Waals surface area contributed by atoms with Crippen molar-refractivity contribution in [1.82, 2.24) is 10.5 Å². The molecule has 5 nitrogen and oxygen atoms in total. The molecular formula is C22H24N2O3. The summed E-state index contributed by atoms with van der Waals surface area (Å²) in [5, 5.41) is 7.00. The minimum Gasteiger partial charge on any atom is -0.489 e. The summed E-state index contributed by atoms with van der Waals surface area (Å²) in [5.74, 6) is 1.07. The molecule has 5 heteroatoms. The zero-order valence-corrected chi connectivity index (χ0v) is 15.9. The van der Waals surface area contributed by atoms with Crippen LogP contribution in [0.2, 0.25) is 0 Å². The number of hydrogen-bond donors (Lipinski definition) is 1. The van der Waals surface area contributed by atoms with Crippen LogP contribution >= 0.6 is 0 Å². The molecule has 140 valence electrons. The SMILES string of the molecule is CCC(NC(=O)c1noc(C)c1COc1cccc(C)c1)c1ccccc1. The molecule has 1 N–H and O–H groups in total. The maximum absolute atomic E-state index is 12.8. The standard InChI is InChI=1S/C22H24N2O3/c1-4-20(17-10-6-5-7-11-17)23-22(25)21-19(16(3)27-24-21)14-26-18-12-8-9-15(2)13-18/h5-13,20H,4,14H2,1-3H3,(H,23,25). The number of amides is 1. The number of nitrogens with zero attached hydrogens (tertiary/aromatic N) is 1. The fourth-order valence-corrected chi connectivity index (χ4v) is 2.93. The van der Waals surface area contributed by atoms with Crippen LogP contribution in [0.1, 0.15) is 52.3 Å². The molecule has 1 atom stereocenters. The average Bonchev–Trinajstić information content (AvgIpc) is 3.05. The van der Waals surface area contributed by atoms with E-state index in [1.54, 1.807) is 6.92 Å². The zero-order valence-electron chi connectivity index (χ0n) is 15.9. The van der Waals surface area contributed by atoms with Crippen molar-refractivity contribution in [2.45, 2.75) is 39.8 Å². The van der Waals surface area contributed by atoms with Crippen LogP contribution in [-0.2, 0) is 6.61 Å². The monoisotopic (exact) mass is 364 g/mol. The fraction of sp³-hybridized carbons (Fsp3) is 0.273. The van der Waals surface area contributed by atoms with Gasteiger partial charge in [-0.3, -0.25) is 4.79 Å². The predicted octanol–water partition coefficient (Wildman–Crippen LogP) is 4.75. The van der Waals surface area contributed by atoms with Crippen molar-refractivity contribution in [3.05, 3.63) is 82.7 Å². The summed E-state index contributed by atoms with van der Waals surface area (Å²) in [5.41, 5.74) is 3.11. The Morgan fingerprint density at radius 3 is 2.63 bits per heavy atom.